The zero-order valence-corrected chi connectivity index (χ0v) is 16.7. The van der Waals surface area contributed by atoms with E-state index in [0.717, 1.165) is 4.90 Å². The van der Waals surface area contributed by atoms with E-state index in [1.165, 1.54) is 11.9 Å². The van der Waals surface area contributed by atoms with Gasteiger partial charge in [-0.3, -0.25) is 19.9 Å². The van der Waals surface area contributed by atoms with Crippen LogP contribution in [0.15, 0.2) is 29.3 Å². The lowest BCUT2D eigenvalue weighted by Gasteiger charge is -2.32. The lowest BCUT2D eigenvalue weighted by Crippen LogP contribution is -2.62. The molecule has 2 unspecified atom stereocenters. The van der Waals surface area contributed by atoms with Gasteiger partial charge in [-0.05, 0) is 19.1 Å². The topological polar surface area (TPSA) is 97.5 Å². The largest absolute Gasteiger partial charge is 0.489 e. The second kappa shape index (κ2) is 8.15. The Morgan fingerprint density at radius 1 is 1.32 bits per heavy atom. The fourth-order valence-electron chi connectivity index (χ4n) is 3.12. The van der Waals surface area contributed by atoms with E-state index < -0.39 is 24.1 Å². The molecule has 2 atom stereocenters. The Labute approximate surface area is 167 Å². The quantitative estimate of drug-likeness (QED) is 0.662. The minimum atomic E-state index is -0.916. The second-order valence-electron chi connectivity index (χ2n) is 6.51. The molecule has 0 spiro atoms. The van der Waals surface area contributed by atoms with Crippen molar-refractivity contribution in [1.82, 2.24) is 15.1 Å². The molecule has 1 aromatic rings. The molecule has 0 saturated carbocycles. The fourth-order valence-corrected chi connectivity index (χ4v) is 3.31. The van der Waals surface area contributed by atoms with Gasteiger partial charge in [-0.1, -0.05) is 28.7 Å². The molecular formula is C18H23ClN5O4+. The maximum atomic E-state index is 12.7. The van der Waals surface area contributed by atoms with Crippen molar-refractivity contribution in [1.29, 1.82) is 0 Å². The Morgan fingerprint density at radius 2 is 2.04 bits per heavy atom. The molecule has 0 radical (unpaired) electrons. The average Bonchev–Trinajstić information content (AvgIpc) is 3.02. The number of aliphatic imine (C=N–C) groups is 1. The Kier molecular flexibility index (Phi) is 5.85. The third-order valence-corrected chi connectivity index (χ3v) is 4.85. The number of β-amino-alcohol motifs (C(OH)–C–C–N with tert-alkyl or cyclic N) is 1. The van der Waals surface area contributed by atoms with Crippen LogP contribution in [0.4, 0.5) is 4.79 Å². The molecule has 1 fully saturated rings. The highest BCUT2D eigenvalue weighted by molar-refractivity contribution is 6.32. The highest BCUT2D eigenvalue weighted by Gasteiger charge is 2.51. The van der Waals surface area contributed by atoms with Gasteiger partial charge in [0.25, 0.3) is 5.91 Å². The number of ether oxygens (including phenoxy) is 1. The Morgan fingerprint density at radius 3 is 2.71 bits per heavy atom. The van der Waals surface area contributed by atoms with E-state index in [-0.39, 0.29) is 13.2 Å². The molecule has 2 heterocycles. The van der Waals surface area contributed by atoms with Gasteiger partial charge in [-0.2, -0.15) is 0 Å². The standard InChI is InChI=1S/C18H22ClN5O4/c1-4-20-17-21-15-14(16(26)23(3)18(27)22(15)2)24(17)9-11(25)10-28-13-8-6-5-7-12(13)19/h5-8,11,14,25H,4,9-10H2,1-3H3/p+1. The Balaban J connectivity index is 1.77. The zero-order chi connectivity index (χ0) is 20.4. The summed E-state index contributed by atoms with van der Waals surface area (Å²) in [6.07, 6.45) is -0.916. The van der Waals surface area contributed by atoms with E-state index in [1.807, 2.05) is 6.92 Å². The average molecular weight is 409 g/mol. The maximum Gasteiger partial charge on any atom is 0.390 e. The number of urea groups is 1. The van der Waals surface area contributed by atoms with Gasteiger partial charge in [0, 0.05) is 14.1 Å². The summed E-state index contributed by atoms with van der Waals surface area (Å²) in [5.74, 6) is 0.844. The lowest BCUT2D eigenvalue weighted by atomic mass is 10.1. The van der Waals surface area contributed by atoms with Crippen molar-refractivity contribution in [2.45, 2.75) is 19.1 Å². The summed E-state index contributed by atoms with van der Waals surface area (Å²) in [6, 6.07) is 5.76. The minimum absolute atomic E-state index is 0.0134. The predicted molar refractivity (Wildman–Crippen MR) is 104 cm³/mol. The van der Waals surface area contributed by atoms with Crippen LogP contribution in [0.3, 0.4) is 0 Å². The molecule has 0 aliphatic carbocycles. The highest BCUT2D eigenvalue weighted by Crippen LogP contribution is 2.23. The normalized spacial score (nSPS) is 20.3. The number of nitrogens with zero attached hydrogens (tertiary/aromatic N) is 4. The van der Waals surface area contributed by atoms with Gasteiger partial charge in [0.2, 0.25) is 11.9 Å². The van der Waals surface area contributed by atoms with Crippen LogP contribution in [0.5, 0.6) is 5.75 Å². The van der Waals surface area contributed by atoms with Crippen LogP contribution in [-0.2, 0) is 4.79 Å². The molecule has 10 heteroatoms. The number of amidine groups is 1. The van der Waals surface area contributed by atoms with Crippen molar-refractivity contribution in [2.75, 3.05) is 33.8 Å². The van der Waals surface area contributed by atoms with Crippen LogP contribution in [0.2, 0.25) is 5.02 Å². The number of hydrogen-bond acceptors (Lipinski definition) is 6. The van der Waals surface area contributed by atoms with Gasteiger partial charge in [-0.25, -0.2) is 9.37 Å². The number of halogens is 1. The number of hydrogen-bond donors (Lipinski definition) is 2. The summed E-state index contributed by atoms with van der Waals surface area (Å²) in [5, 5.41) is 14.0. The van der Waals surface area contributed by atoms with Crippen molar-refractivity contribution in [3.05, 3.63) is 29.3 Å². The van der Waals surface area contributed by atoms with Crippen molar-refractivity contribution < 1.29 is 24.0 Å². The summed E-state index contributed by atoms with van der Waals surface area (Å²) >= 11 is 6.06. The molecule has 150 valence electrons. The van der Waals surface area contributed by atoms with E-state index in [0.29, 0.717) is 29.1 Å². The zero-order valence-electron chi connectivity index (χ0n) is 15.9. The first-order valence-corrected chi connectivity index (χ1v) is 9.29. The second-order valence-corrected chi connectivity index (χ2v) is 6.92. The molecule has 0 aromatic heterocycles. The molecule has 2 aliphatic rings. The summed E-state index contributed by atoms with van der Waals surface area (Å²) in [6.45, 7) is 2.54. The number of carbonyl (C=O) groups is 2. The molecule has 0 bridgehead atoms. The number of amides is 3. The van der Waals surface area contributed by atoms with Crippen LogP contribution in [-0.4, -0.2) is 89.2 Å². The number of para-hydroxylation sites is 1. The number of fused-ring (bicyclic) bond motifs is 1. The van der Waals surface area contributed by atoms with Gasteiger partial charge in [0.1, 0.15) is 18.5 Å². The first-order chi connectivity index (χ1) is 13.3. The van der Waals surface area contributed by atoms with Crippen LogP contribution in [0, 0.1) is 0 Å². The number of aliphatic hydroxyl groups excluding tert-OH is 1. The molecule has 3 rings (SSSR count). The van der Waals surface area contributed by atoms with Gasteiger partial charge in [0.05, 0.1) is 18.1 Å². The molecule has 9 nitrogen and oxygen atoms in total. The first-order valence-electron chi connectivity index (χ1n) is 8.91. The van der Waals surface area contributed by atoms with Gasteiger partial charge >= 0.3 is 12.0 Å². The number of rotatable bonds is 6. The van der Waals surface area contributed by atoms with Crippen molar-refractivity contribution in [3.8, 4) is 5.75 Å². The number of likely N-dealkylation sites (N-methyl/N-ethyl adjacent to an activating group) is 2. The van der Waals surface area contributed by atoms with Crippen LogP contribution in [0.1, 0.15) is 6.92 Å². The Hall–Kier alpha value is -2.65. The SMILES string of the molecule is CCNC1=[N+](CC(O)COc2ccccc2Cl)C2C(=O)N(C)C(=O)N(C)C2=N1. The van der Waals surface area contributed by atoms with Crippen molar-refractivity contribution in [3.63, 3.8) is 0 Å². The summed E-state index contributed by atoms with van der Waals surface area (Å²) in [5.41, 5.74) is 0. The van der Waals surface area contributed by atoms with E-state index in [4.69, 9.17) is 16.3 Å². The summed E-state index contributed by atoms with van der Waals surface area (Å²) in [7, 11) is 3.00. The van der Waals surface area contributed by atoms with Crippen LogP contribution >= 0.6 is 11.6 Å². The molecule has 1 aromatic carbocycles. The first kappa shape index (κ1) is 20.1. The summed E-state index contributed by atoms with van der Waals surface area (Å²) < 4.78 is 7.24. The monoisotopic (exact) mass is 408 g/mol. The van der Waals surface area contributed by atoms with E-state index in [2.05, 4.69) is 10.3 Å². The number of guanidine groups is 1. The lowest BCUT2D eigenvalue weighted by molar-refractivity contribution is -0.545. The minimum Gasteiger partial charge on any atom is -0.489 e. The molecular weight excluding hydrogens is 386 g/mol. The van der Waals surface area contributed by atoms with Crippen molar-refractivity contribution in [2.24, 2.45) is 4.99 Å². The van der Waals surface area contributed by atoms with E-state index >= 15 is 0 Å². The molecule has 28 heavy (non-hydrogen) atoms. The summed E-state index contributed by atoms with van der Waals surface area (Å²) in [4.78, 5) is 31.7. The fraction of sp³-hybridized carbons (Fsp3) is 0.444. The molecule has 3 amide bonds. The van der Waals surface area contributed by atoms with Gasteiger partial charge in [-0.15, -0.1) is 0 Å². The van der Waals surface area contributed by atoms with Crippen LogP contribution in [0.25, 0.3) is 0 Å². The van der Waals surface area contributed by atoms with E-state index in [9.17, 15) is 14.7 Å². The third-order valence-electron chi connectivity index (χ3n) is 4.54. The van der Waals surface area contributed by atoms with E-state index in [1.54, 1.807) is 35.9 Å². The van der Waals surface area contributed by atoms with Gasteiger partial charge in [0.15, 0.2) is 0 Å². The predicted octanol–water partition coefficient (Wildman–Crippen LogP) is 0.362. The molecule has 2 N–H and O–H groups in total. The Bertz CT molecular complexity index is 856. The highest BCUT2D eigenvalue weighted by atomic mass is 35.5. The van der Waals surface area contributed by atoms with Crippen molar-refractivity contribution >= 4 is 35.3 Å². The smallest absolute Gasteiger partial charge is 0.390 e. The number of benzene rings is 1. The van der Waals surface area contributed by atoms with Gasteiger partial charge < -0.3 is 9.84 Å². The van der Waals surface area contributed by atoms with Crippen LogP contribution < -0.4 is 10.1 Å². The number of nitrogens with one attached hydrogen (secondary N) is 1. The number of carbonyl (C=O) groups excluding carboxylic acids is 2. The maximum absolute atomic E-state index is 12.7. The number of imide groups is 1. The third kappa shape index (κ3) is 3.67. The molecule has 2 aliphatic heterocycles. The molecule has 1 saturated heterocycles. The number of aliphatic hydroxyl groups is 1.